The smallest absolute Gasteiger partial charge is 0.311 e. The van der Waals surface area contributed by atoms with Crippen LogP contribution in [0.2, 0.25) is 5.02 Å². The van der Waals surface area contributed by atoms with Gasteiger partial charge in [0.2, 0.25) is 0 Å². The van der Waals surface area contributed by atoms with Crippen LogP contribution in [0.4, 0.5) is 0 Å². The molecule has 2 aliphatic carbocycles. The largest absolute Gasteiger partial charge is 0.469 e. The van der Waals surface area contributed by atoms with E-state index < -0.39 is 0 Å². The molecule has 0 N–H and O–H groups in total. The molecule has 0 spiro atoms. The maximum absolute atomic E-state index is 12.6. The molecule has 1 aromatic rings. The summed E-state index contributed by atoms with van der Waals surface area (Å²) in [5, 5.41) is 0.871. The summed E-state index contributed by atoms with van der Waals surface area (Å²) in [6.07, 6.45) is 5.18. The second-order valence-electron chi connectivity index (χ2n) is 8.46. The van der Waals surface area contributed by atoms with Crippen LogP contribution in [-0.2, 0) is 21.4 Å². The molecule has 1 fully saturated rings. The van der Waals surface area contributed by atoms with E-state index in [9.17, 15) is 4.79 Å². The number of benzene rings is 1. The average Bonchev–Trinajstić information content (AvgIpc) is 2.53. The van der Waals surface area contributed by atoms with Crippen molar-refractivity contribution in [2.45, 2.75) is 71.1 Å². The lowest BCUT2D eigenvalue weighted by molar-refractivity contribution is -0.161. The molecule has 3 rings (SSSR count). The molecule has 3 atom stereocenters. The fraction of sp³-hybridized carbons (Fsp3) is 0.667. The lowest BCUT2D eigenvalue weighted by atomic mass is 9.49. The van der Waals surface area contributed by atoms with E-state index in [1.807, 2.05) is 0 Å². The highest BCUT2D eigenvalue weighted by Gasteiger charge is 2.55. The number of carbonyl (C=O) groups is 1. The molecule has 0 amide bonds. The summed E-state index contributed by atoms with van der Waals surface area (Å²) in [6, 6.07) is 4.51. The van der Waals surface area contributed by atoms with Crippen LogP contribution in [0.15, 0.2) is 12.1 Å². The van der Waals surface area contributed by atoms with Gasteiger partial charge in [0.05, 0.1) is 12.5 Å². The first-order valence-corrected chi connectivity index (χ1v) is 9.53. The Kier molecular flexibility index (Phi) is 4.49. The third-order valence-corrected chi connectivity index (χ3v) is 7.07. The Bertz CT molecular complexity index is 666. The molecule has 2 nitrogen and oxygen atoms in total. The normalized spacial score (nSPS) is 32.2. The van der Waals surface area contributed by atoms with Crippen molar-refractivity contribution < 1.29 is 9.53 Å². The van der Waals surface area contributed by atoms with Gasteiger partial charge in [0.15, 0.2) is 0 Å². The standard InChI is InChI=1S/C21H29ClO2/c1-13(2)15-11-14-7-8-18-20(3,16(14)12-17(15)22)9-6-10-21(18,4)19(23)24-5/h11-13,18H,6-10H2,1-5H3. The Morgan fingerprint density at radius 1 is 1.29 bits per heavy atom. The van der Waals surface area contributed by atoms with Crippen molar-refractivity contribution >= 4 is 17.6 Å². The van der Waals surface area contributed by atoms with Crippen molar-refractivity contribution in [3.05, 3.63) is 33.8 Å². The molecule has 3 unspecified atom stereocenters. The number of carbonyl (C=O) groups excluding carboxylic acids is 1. The first-order valence-electron chi connectivity index (χ1n) is 9.15. The number of methoxy groups -OCH3 is 1. The van der Waals surface area contributed by atoms with Gasteiger partial charge in [0.25, 0.3) is 0 Å². The lowest BCUT2D eigenvalue weighted by Gasteiger charge is -2.54. The van der Waals surface area contributed by atoms with Crippen LogP contribution in [0.1, 0.15) is 76.0 Å². The second-order valence-corrected chi connectivity index (χ2v) is 8.86. The van der Waals surface area contributed by atoms with Crippen LogP contribution in [0.25, 0.3) is 0 Å². The van der Waals surface area contributed by atoms with Crippen LogP contribution in [0, 0.1) is 11.3 Å². The van der Waals surface area contributed by atoms with Gasteiger partial charge in [0.1, 0.15) is 0 Å². The molecule has 0 bridgehead atoms. The average molecular weight is 349 g/mol. The summed E-state index contributed by atoms with van der Waals surface area (Å²) in [6.45, 7) is 8.82. The molecule has 0 heterocycles. The topological polar surface area (TPSA) is 26.3 Å². The second kappa shape index (κ2) is 6.05. The minimum atomic E-state index is -0.386. The molecule has 132 valence electrons. The van der Waals surface area contributed by atoms with Gasteiger partial charge >= 0.3 is 5.97 Å². The molecule has 0 radical (unpaired) electrons. The maximum Gasteiger partial charge on any atom is 0.311 e. The molecule has 24 heavy (non-hydrogen) atoms. The number of hydrogen-bond acceptors (Lipinski definition) is 2. The van der Waals surface area contributed by atoms with Gasteiger partial charge in [-0.3, -0.25) is 4.79 Å². The summed E-state index contributed by atoms with van der Waals surface area (Å²) in [7, 11) is 1.52. The van der Waals surface area contributed by atoms with Crippen LogP contribution in [0.5, 0.6) is 0 Å². The zero-order valence-corrected chi connectivity index (χ0v) is 16.3. The van der Waals surface area contributed by atoms with Gasteiger partial charge in [-0.2, -0.15) is 0 Å². The third kappa shape index (κ3) is 2.49. The first-order chi connectivity index (χ1) is 11.2. The molecule has 2 aliphatic rings. The maximum atomic E-state index is 12.6. The molecule has 0 saturated heterocycles. The fourth-order valence-electron chi connectivity index (χ4n) is 5.43. The van der Waals surface area contributed by atoms with E-state index in [0.29, 0.717) is 11.8 Å². The third-order valence-electron chi connectivity index (χ3n) is 6.74. The summed E-state index contributed by atoms with van der Waals surface area (Å²) < 4.78 is 5.18. The highest BCUT2D eigenvalue weighted by Crippen LogP contribution is 2.58. The summed E-state index contributed by atoms with van der Waals surface area (Å²) in [5.74, 6) is 0.700. The van der Waals surface area contributed by atoms with Crippen LogP contribution >= 0.6 is 11.6 Å². The number of ether oxygens (including phenoxy) is 1. The van der Waals surface area contributed by atoms with E-state index in [0.717, 1.165) is 37.1 Å². The van der Waals surface area contributed by atoms with Gasteiger partial charge in [-0.1, -0.05) is 44.9 Å². The van der Waals surface area contributed by atoms with Crippen molar-refractivity contribution in [3.63, 3.8) is 0 Å². The predicted octanol–water partition coefficient (Wildman–Crippen LogP) is 5.65. The summed E-state index contributed by atoms with van der Waals surface area (Å²) in [5.41, 5.74) is 3.65. The van der Waals surface area contributed by atoms with E-state index in [1.54, 1.807) is 0 Å². The van der Waals surface area contributed by atoms with E-state index in [4.69, 9.17) is 16.3 Å². The molecule has 1 aromatic carbocycles. The van der Waals surface area contributed by atoms with Crippen molar-refractivity contribution in [3.8, 4) is 0 Å². The molecule has 0 aromatic heterocycles. The molecular weight excluding hydrogens is 320 g/mol. The number of rotatable bonds is 2. The van der Waals surface area contributed by atoms with E-state index in [-0.39, 0.29) is 16.8 Å². The zero-order chi connectivity index (χ0) is 17.7. The molecule has 3 heteroatoms. The molecule has 1 saturated carbocycles. The fourth-order valence-corrected chi connectivity index (χ4v) is 5.81. The van der Waals surface area contributed by atoms with Gasteiger partial charge in [-0.05, 0) is 72.6 Å². The predicted molar refractivity (Wildman–Crippen MR) is 98.7 cm³/mol. The Balaban J connectivity index is 2.11. The highest BCUT2D eigenvalue weighted by molar-refractivity contribution is 6.31. The Labute approximate surface area is 150 Å². The first kappa shape index (κ1) is 17.8. The number of aryl methyl sites for hydroxylation is 1. The number of halogens is 1. The minimum absolute atomic E-state index is 0.00786. The Morgan fingerprint density at radius 2 is 2.00 bits per heavy atom. The Hall–Kier alpha value is -1.02. The lowest BCUT2D eigenvalue weighted by Crippen LogP contribution is -2.52. The van der Waals surface area contributed by atoms with Crippen molar-refractivity contribution in [1.29, 1.82) is 0 Å². The highest BCUT2D eigenvalue weighted by atomic mass is 35.5. The van der Waals surface area contributed by atoms with Crippen molar-refractivity contribution in [2.24, 2.45) is 11.3 Å². The van der Waals surface area contributed by atoms with Gasteiger partial charge in [-0.25, -0.2) is 0 Å². The number of esters is 1. The van der Waals surface area contributed by atoms with Crippen LogP contribution < -0.4 is 0 Å². The quantitative estimate of drug-likeness (QED) is 0.646. The number of fused-ring (bicyclic) bond motifs is 3. The zero-order valence-electron chi connectivity index (χ0n) is 15.5. The van der Waals surface area contributed by atoms with Crippen LogP contribution in [0.3, 0.4) is 0 Å². The van der Waals surface area contributed by atoms with Gasteiger partial charge in [-0.15, -0.1) is 0 Å². The summed E-state index contributed by atoms with van der Waals surface area (Å²) >= 11 is 6.62. The van der Waals surface area contributed by atoms with Gasteiger partial charge in [0, 0.05) is 5.02 Å². The van der Waals surface area contributed by atoms with Crippen LogP contribution in [-0.4, -0.2) is 13.1 Å². The van der Waals surface area contributed by atoms with Crippen molar-refractivity contribution in [2.75, 3.05) is 7.11 Å². The van der Waals surface area contributed by atoms with Crippen molar-refractivity contribution in [1.82, 2.24) is 0 Å². The van der Waals surface area contributed by atoms with E-state index in [2.05, 4.69) is 39.8 Å². The Morgan fingerprint density at radius 3 is 2.62 bits per heavy atom. The molecule has 0 aliphatic heterocycles. The molecular formula is C21H29ClO2. The number of hydrogen-bond donors (Lipinski definition) is 0. The summed E-state index contributed by atoms with van der Waals surface area (Å²) in [4.78, 5) is 12.6. The van der Waals surface area contributed by atoms with Gasteiger partial charge < -0.3 is 4.74 Å². The van der Waals surface area contributed by atoms with E-state index >= 15 is 0 Å². The van der Waals surface area contributed by atoms with E-state index in [1.165, 1.54) is 23.8 Å². The minimum Gasteiger partial charge on any atom is -0.469 e. The monoisotopic (exact) mass is 348 g/mol. The SMILES string of the molecule is COC(=O)C1(C)CCCC2(C)c3cc(Cl)c(C(C)C)cc3CCC12.